The number of halogens is 3. The average Bonchev–Trinajstić information content (AvgIpc) is 2.68. The minimum absolute atomic E-state index is 0.0317. The molecule has 0 spiro atoms. The molecule has 0 aliphatic rings. The van der Waals surface area contributed by atoms with E-state index in [0.29, 0.717) is 6.54 Å². The lowest BCUT2D eigenvalue weighted by atomic mass is 10.1. The Morgan fingerprint density at radius 1 is 1.22 bits per heavy atom. The molecule has 1 aromatic heterocycles. The van der Waals surface area contributed by atoms with Crippen molar-refractivity contribution < 1.29 is 13.2 Å². The van der Waals surface area contributed by atoms with Crippen LogP contribution in [0, 0.1) is 0 Å². The standard InChI is InChI=1S/C13H15F3N2/c1-17-9-10-2-3-11-4-6-18(12(11)8-10)7-5-13(14,15)16/h2-4,6,8,17H,5,7,9H2,1H3. The summed E-state index contributed by atoms with van der Waals surface area (Å²) < 4.78 is 38.3. The molecule has 0 fully saturated rings. The molecule has 98 valence electrons. The zero-order valence-electron chi connectivity index (χ0n) is 10.1. The van der Waals surface area contributed by atoms with Crippen LogP contribution in [0.3, 0.4) is 0 Å². The summed E-state index contributed by atoms with van der Waals surface area (Å²) in [6.45, 7) is 0.677. The molecular formula is C13H15F3N2. The normalized spacial score (nSPS) is 12.2. The molecular weight excluding hydrogens is 241 g/mol. The summed E-state index contributed by atoms with van der Waals surface area (Å²) in [6.07, 6.45) is -3.20. The Bertz CT molecular complexity index is 529. The molecule has 0 saturated carbocycles. The van der Waals surface area contributed by atoms with E-state index in [1.807, 2.05) is 31.3 Å². The van der Waals surface area contributed by atoms with Gasteiger partial charge in [0.15, 0.2) is 0 Å². The Kier molecular flexibility index (Phi) is 3.61. The third-order valence-corrected chi connectivity index (χ3v) is 2.86. The van der Waals surface area contributed by atoms with Crippen molar-refractivity contribution in [2.24, 2.45) is 0 Å². The summed E-state index contributed by atoms with van der Waals surface area (Å²) in [4.78, 5) is 0. The van der Waals surface area contributed by atoms with Gasteiger partial charge in [-0.05, 0) is 30.1 Å². The lowest BCUT2D eigenvalue weighted by Crippen LogP contribution is -2.11. The Morgan fingerprint density at radius 3 is 2.67 bits per heavy atom. The number of hydrogen-bond acceptors (Lipinski definition) is 1. The molecule has 1 heterocycles. The van der Waals surface area contributed by atoms with Crippen LogP contribution in [0.1, 0.15) is 12.0 Å². The van der Waals surface area contributed by atoms with Gasteiger partial charge in [-0.2, -0.15) is 13.2 Å². The van der Waals surface area contributed by atoms with E-state index in [0.717, 1.165) is 16.5 Å². The number of aryl methyl sites for hydroxylation is 1. The Labute approximate surface area is 103 Å². The van der Waals surface area contributed by atoms with Crippen LogP contribution in [0.5, 0.6) is 0 Å². The molecule has 18 heavy (non-hydrogen) atoms. The minimum Gasteiger partial charge on any atom is -0.347 e. The van der Waals surface area contributed by atoms with Crippen LogP contribution in [0.15, 0.2) is 30.5 Å². The van der Waals surface area contributed by atoms with E-state index in [2.05, 4.69) is 5.32 Å². The van der Waals surface area contributed by atoms with Crippen molar-refractivity contribution >= 4 is 10.9 Å². The third kappa shape index (κ3) is 3.04. The van der Waals surface area contributed by atoms with Gasteiger partial charge in [0.25, 0.3) is 0 Å². The van der Waals surface area contributed by atoms with Crippen LogP contribution in [0.2, 0.25) is 0 Å². The summed E-state index contributed by atoms with van der Waals surface area (Å²) in [5, 5.41) is 4.00. The summed E-state index contributed by atoms with van der Waals surface area (Å²) >= 11 is 0. The topological polar surface area (TPSA) is 17.0 Å². The maximum Gasteiger partial charge on any atom is 0.390 e. The number of fused-ring (bicyclic) bond motifs is 1. The Morgan fingerprint density at radius 2 is 2.00 bits per heavy atom. The lowest BCUT2D eigenvalue weighted by Gasteiger charge is -2.09. The van der Waals surface area contributed by atoms with Crippen LogP contribution < -0.4 is 5.32 Å². The fourth-order valence-corrected chi connectivity index (χ4v) is 1.99. The van der Waals surface area contributed by atoms with Gasteiger partial charge in [-0.1, -0.05) is 12.1 Å². The van der Waals surface area contributed by atoms with Gasteiger partial charge in [-0.3, -0.25) is 0 Å². The van der Waals surface area contributed by atoms with Gasteiger partial charge >= 0.3 is 6.18 Å². The maximum atomic E-state index is 12.2. The number of alkyl halides is 3. The summed E-state index contributed by atoms with van der Waals surface area (Å²) in [5.74, 6) is 0. The second kappa shape index (κ2) is 5.02. The van der Waals surface area contributed by atoms with Crippen LogP contribution in [-0.4, -0.2) is 17.8 Å². The van der Waals surface area contributed by atoms with Crippen molar-refractivity contribution in [3.05, 3.63) is 36.0 Å². The monoisotopic (exact) mass is 256 g/mol. The molecule has 2 aromatic rings. The van der Waals surface area contributed by atoms with E-state index in [1.54, 1.807) is 10.8 Å². The molecule has 0 aliphatic carbocycles. The number of aromatic nitrogens is 1. The first kappa shape index (κ1) is 13.0. The van der Waals surface area contributed by atoms with Crippen molar-refractivity contribution in [1.29, 1.82) is 0 Å². The molecule has 0 aliphatic heterocycles. The molecule has 0 atom stereocenters. The van der Waals surface area contributed by atoms with Gasteiger partial charge in [0.2, 0.25) is 0 Å². The van der Waals surface area contributed by atoms with Crippen molar-refractivity contribution in [2.75, 3.05) is 7.05 Å². The highest BCUT2D eigenvalue weighted by atomic mass is 19.4. The highest BCUT2D eigenvalue weighted by Crippen LogP contribution is 2.23. The van der Waals surface area contributed by atoms with Gasteiger partial charge in [0, 0.05) is 24.8 Å². The Balaban J connectivity index is 2.25. The first-order valence-corrected chi connectivity index (χ1v) is 5.79. The largest absolute Gasteiger partial charge is 0.390 e. The van der Waals surface area contributed by atoms with E-state index >= 15 is 0 Å². The van der Waals surface area contributed by atoms with Gasteiger partial charge in [-0.15, -0.1) is 0 Å². The highest BCUT2D eigenvalue weighted by molar-refractivity contribution is 5.80. The smallest absolute Gasteiger partial charge is 0.347 e. The highest BCUT2D eigenvalue weighted by Gasteiger charge is 2.26. The van der Waals surface area contributed by atoms with Crippen molar-refractivity contribution in [2.45, 2.75) is 25.7 Å². The number of nitrogens with zero attached hydrogens (tertiary/aromatic N) is 1. The zero-order valence-corrected chi connectivity index (χ0v) is 10.1. The molecule has 0 bridgehead atoms. The van der Waals surface area contributed by atoms with E-state index in [9.17, 15) is 13.2 Å². The zero-order chi connectivity index (χ0) is 13.2. The Hall–Kier alpha value is -1.49. The molecule has 0 radical (unpaired) electrons. The van der Waals surface area contributed by atoms with Crippen molar-refractivity contribution in [1.82, 2.24) is 9.88 Å². The van der Waals surface area contributed by atoms with Crippen molar-refractivity contribution in [3.63, 3.8) is 0 Å². The second-order valence-electron chi connectivity index (χ2n) is 4.30. The third-order valence-electron chi connectivity index (χ3n) is 2.86. The van der Waals surface area contributed by atoms with E-state index < -0.39 is 12.6 Å². The molecule has 1 N–H and O–H groups in total. The van der Waals surface area contributed by atoms with Crippen LogP contribution in [0.25, 0.3) is 10.9 Å². The maximum absolute atomic E-state index is 12.2. The number of nitrogens with one attached hydrogen (secondary N) is 1. The summed E-state index contributed by atoms with van der Waals surface area (Å²) in [6, 6.07) is 7.69. The van der Waals surface area contributed by atoms with Crippen LogP contribution >= 0.6 is 0 Å². The molecule has 0 unspecified atom stereocenters. The van der Waals surface area contributed by atoms with Crippen LogP contribution in [-0.2, 0) is 13.1 Å². The predicted octanol–water partition coefficient (Wildman–Crippen LogP) is 3.31. The molecule has 0 saturated heterocycles. The number of hydrogen-bond donors (Lipinski definition) is 1. The van der Waals surface area contributed by atoms with E-state index in [4.69, 9.17) is 0 Å². The first-order chi connectivity index (χ1) is 8.49. The fourth-order valence-electron chi connectivity index (χ4n) is 1.99. The van der Waals surface area contributed by atoms with Gasteiger partial charge in [0.05, 0.1) is 6.42 Å². The molecule has 5 heteroatoms. The number of rotatable bonds is 4. The predicted molar refractivity (Wildman–Crippen MR) is 65.4 cm³/mol. The first-order valence-electron chi connectivity index (χ1n) is 5.79. The summed E-state index contributed by atoms with van der Waals surface area (Å²) in [5.41, 5.74) is 1.92. The second-order valence-corrected chi connectivity index (χ2v) is 4.30. The molecule has 0 amide bonds. The number of benzene rings is 1. The van der Waals surface area contributed by atoms with Crippen molar-refractivity contribution in [3.8, 4) is 0 Å². The van der Waals surface area contributed by atoms with Gasteiger partial charge in [-0.25, -0.2) is 0 Å². The van der Waals surface area contributed by atoms with E-state index in [1.165, 1.54) is 0 Å². The van der Waals surface area contributed by atoms with Gasteiger partial charge < -0.3 is 9.88 Å². The minimum atomic E-state index is -4.11. The van der Waals surface area contributed by atoms with E-state index in [-0.39, 0.29) is 6.54 Å². The fraction of sp³-hybridized carbons (Fsp3) is 0.385. The SMILES string of the molecule is CNCc1ccc2ccn(CCC(F)(F)F)c2c1. The van der Waals surface area contributed by atoms with Crippen LogP contribution in [0.4, 0.5) is 13.2 Å². The quantitative estimate of drug-likeness (QED) is 0.888. The molecule has 2 nitrogen and oxygen atoms in total. The average molecular weight is 256 g/mol. The van der Waals surface area contributed by atoms with Gasteiger partial charge in [0.1, 0.15) is 0 Å². The summed E-state index contributed by atoms with van der Waals surface area (Å²) in [7, 11) is 1.84. The molecule has 1 aromatic carbocycles. The lowest BCUT2D eigenvalue weighted by molar-refractivity contribution is -0.136. The molecule has 2 rings (SSSR count).